The molecule has 2 aliphatic rings. The standard InChI is InChI=1S/C18H25NO5/c1-18(2,20)13-9-11-15(22-5)10-7-8-12(21-4)16(23-6)14(10)19(3)17(11)24-13/h7-8,13,17,20H,9H2,1-6H3/t13-,17?/m0/s1. The van der Waals surface area contributed by atoms with Crippen LogP contribution in [0.1, 0.15) is 25.8 Å². The fourth-order valence-corrected chi connectivity index (χ4v) is 3.51. The Morgan fingerprint density at radius 2 is 1.88 bits per heavy atom. The zero-order chi connectivity index (χ0) is 17.6. The average molecular weight is 335 g/mol. The number of ether oxygens (including phenoxy) is 4. The molecule has 24 heavy (non-hydrogen) atoms. The summed E-state index contributed by atoms with van der Waals surface area (Å²) in [7, 11) is 6.84. The fourth-order valence-electron chi connectivity index (χ4n) is 3.51. The smallest absolute Gasteiger partial charge is 0.185 e. The van der Waals surface area contributed by atoms with Gasteiger partial charge < -0.3 is 29.0 Å². The lowest BCUT2D eigenvalue weighted by molar-refractivity contribution is -0.0808. The highest BCUT2D eigenvalue weighted by atomic mass is 16.5. The van der Waals surface area contributed by atoms with E-state index in [9.17, 15) is 5.11 Å². The van der Waals surface area contributed by atoms with E-state index >= 15 is 0 Å². The highest BCUT2D eigenvalue weighted by molar-refractivity contribution is 5.85. The second-order valence-electron chi connectivity index (χ2n) is 6.70. The molecule has 6 heteroatoms. The van der Waals surface area contributed by atoms with Gasteiger partial charge in [0.25, 0.3) is 0 Å². The molecule has 1 N–H and O–H groups in total. The van der Waals surface area contributed by atoms with Crippen molar-refractivity contribution in [3.8, 4) is 11.5 Å². The van der Waals surface area contributed by atoms with Gasteiger partial charge in [-0.15, -0.1) is 0 Å². The molecule has 2 heterocycles. The van der Waals surface area contributed by atoms with Crippen LogP contribution in [-0.2, 0) is 9.47 Å². The zero-order valence-electron chi connectivity index (χ0n) is 15.0. The first-order chi connectivity index (χ1) is 11.3. The Hall–Kier alpha value is -1.92. The number of hydrogen-bond acceptors (Lipinski definition) is 6. The second-order valence-corrected chi connectivity index (χ2v) is 6.70. The van der Waals surface area contributed by atoms with Crippen molar-refractivity contribution in [2.24, 2.45) is 0 Å². The molecule has 1 aromatic carbocycles. The van der Waals surface area contributed by atoms with Crippen molar-refractivity contribution in [3.05, 3.63) is 23.3 Å². The van der Waals surface area contributed by atoms with Gasteiger partial charge in [0.2, 0.25) is 0 Å². The van der Waals surface area contributed by atoms with Crippen LogP contribution < -0.4 is 14.4 Å². The van der Waals surface area contributed by atoms with Gasteiger partial charge >= 0.3 is 0 Å². The summed E-state index contributed by atoms with van der Waals surface area (Å²) >= 11 is 0. The van der Waals surface area contributed by atoms with Gasteiger partial charge in [0, 0.05) is 24.6 Å². The monoisotopic (exact) mass is 335 g/mol. The van der Waals surface area contributed by atoms with E-state index in [1.165, 1.54) is 0 Å². The van der Waals surface area contributed by atoms with Gasteiger partial charge in [-0.05, 0) is 26.0 Å². The van der Waals surface area contributed by atoms with Crippen LogP contribution >= 0.6 is 0 Å². The minimum absolute atomic E-state index is 0.299. The third-order valence-electron chi connectivity index (χ3n) is 4.75. The quantitative estimate of drug-likeness (QED) is 0.912. The molecule has 0 aliphatic carbocycles. The molecule has 0 bridgehead atoms. The molecule has 132 valence electrons. The van der Waals surface area contributed by atoms with Crippen LogP contribution in [0.5, 0.6) is 11.5 Å². The molecule has 3 rings (SSSR count). The Labute approximate surface area is 142 Å². The number of benzene rings is 1. The summed E-state index contributed by atoms with van der Waals surface area (Å²) in [6.07, 6.45) is 0.0207. The summed E-state index contributed by atoms with van der Waals surface area (Å²) in [6, 6.07) is 3.83. The third-order valence-corrected chi connectivity index (χ3v) is 4.75. The van der Waals surface area contributed by atoms with Crippen molar-refractivity contribution in [2.45, 2.75) is 38.2 Å². The molecule has 2 aliphatic heterocycles. The van der Waals surface area contributed by atoms with Crippen LogP contribution in [-0.4, -0.2) is 51.4 Å². The lowest BCUT2D eigenvalue weighted by Gasteiger charge is -2.36. The minimum atomic E-state index is -0.933. The van der Waals surface area contributed by atoms with E-state index < -0.39 is 5.60 Å². The maximum Gasteiger partial charge on any atom is 0.185 e. The molecule has 0 saturated carbocycles. The van der Waals surface area contributed by atoms with E-state index in [0.717, 1.165) is 22.6 Å². The molecule has 1 unspecified atom stereocenters. The summed E-state index contributed by atoms with van der Waals surface area (Å²) in [5, 5.41) is 10.4. The number of methoxy groups -OCH3 is 3. The van der Waals surface area contributed by atoms with Crippen molar-refractivity contribution in [1.82, 2.24) is 0 Å². The molecule has 0 spiro atoms. The molecule has 1 fully saturated rings. The number of rotatable bonds is 4. The topological polar surface area (TPSA) is 60.4 Å². The summed E-state index contributed by atoms with van der Waals surface area (Å²) in [4.78, 5) is 2.01. The van der Waals surface area contributed by atoms with Gasteiger partial charge in [-0.25, -0.2) is 0 Å². The van der Waals surface area contributed by atoms with E-state index in [0.29, 0.717) is 17.9 Å². The fraction of sp³-hybridized carbons (Fsp3) is 0.556. The van der Waals surface area contributed by atoms with Crippen LogP contribution in [0.25, 0.3) is 5.76 Å². The summed E-state index contributed by atoms with van der Waals surface area (Å²) < 4.78 is 22.9. The van der Waals surface area contributed by atoms with Gasteiger partial charge in [-0.2, -0.15) is 0 Å². The lowest BCUT2D eigenvalue weighted by atomic mass is 9.92. The van der Waals surface area contributed by atoms with E-state index in [2.05, 4.69) is 0 Å². The molecule has 1 saturated heterocycles. The SMILES string of the molecule is COC1=C2C[C@@H](C(C)(C)O)OC2N(C)c2c1ccc(OC)c2OC. The van der Waals surface area contributed by atoms with Gasteiger partial charge in [-0.3, -0.25) is 0 Å². The van der Waals surface area contributed by atoms with Crippen LogP contribution in [0.3, 0.4) is 0 Å². The number of hydrogen-bond donors (Lipinski definition) is 1. The minimum Gasteiger partial charge on any atom is -0.496 e. The molecule has 6 nitrogen and oxygen atoms in total. The molecule has 0 aromatic heterocycles. The number of nitrogens with zero attached hydrogens (tertiary/aromatic N) is 1. The van der Waals surface area contributed by atoms with Crippen LogP contribution in [0, 0.1) is 0 Å². The largest absolute Gasteiger partial charge is 0.496 e. The van der Waals surface area contributed by atoms with Gasteiger partial charge in [0.05, 0.1) is 38.7 Å². The highest BCUT2D eigenvalue weighted by Crippen LogP contribution is 2.51. The van der Waals surface area contributed by atoms with Crippen molar-refractivity contribution >= 4 is 11.4 Å². The Morgan fingerprint density at radius 3 is 2.42 bits per heavy atom. The van der Waals surface area contributed by atoms with E-state index in [1.54, 1.807) is 35.2 Å². The van der Waals surface area contributed by atoms with Crippen LogP contribution in [0.4, 0.5) is 5.69 Å². The van der Waals surface area contributed by atoms with Crippen molar-refractivity contribution in [1.29, 1.82) is 0 Å². The van der Waals surface area contributed by atoms with Gasteiger partial charge in [-0.1, -0.05) is 0 Å². The maximum atomic E-state index is 10.4. The first-order valence-corrected chi connectivity index (χ1v) is 7.96. The Morgan fingerprint density at radius 1 is 1.17 bits per heavy atom. The van der Waals surface area contributed by atoms with Crippen molar-refractivity contribution in [2.75, 3.05) is 33.3 Å². The summed E-state index contributed by atoms with van der Waals surface area (Å²) in [5.41, 5.74) is 1.90. The van der Waals surface area contributed by atoms with Crippen LogP contribution in [0.2, 0.25) is 0 Å². The van der Waals surface area contributed by atoms with Gasteiger partial charge in [0.1, 0.15) is 5.76 Å². The number of likely N-dealkylation sites (N-methyl/N-ethyl adjacent to an activating group) is 1. The first kappa shape index (κ1) is 16.9. The average Bonchev–Trinajstić information content (AvgIpc) is 3.00. The molecule has 2 atom stereocenters. The maximum absolute atomic E-state index is 10.4. The Kier molecular flexibility index (Phi) is 4.13. The predicted octanol–water partition coefficient (Wildman–Crippen LogP) is 2.40. The van der Waals surface area contributed by atoms with Crippen molar-refractivity contribution < 1.29 is 24.1 Å². The highest BCUT2D eigenvalue weighted by Gasteiger charge is 2.46. The number of fused-ring (bicyclic) bond motifs is 2. The number of aliphatic hydroxyl groups is 1. The normalized spacial score (nSPS) is 23.0. The zero-order valence-corrected chi connectivity index (χ0v) is 15.0. The summed E-state index contributed by atoms with van der Waals surface area (Å²) in [5.74, 6) is 2.07. The number of anilines is 1. The van der Waals surface area contributed by atoms with Crippen LogP contribution in [0.15, 0.2) is 17.7 Å². The second kappa shape index (κ2) is 5.86. The first-order valence-electron chi connectivity index (χ1n) is 7.96. The summed E-state index contributed by atoms with van der Waals surface area (Å²) in [6.45, 7) is 3.53. The van der Waals surface area contributed by atoms with Crippen molar-refractivity contribution in [3.63, 3.8) is 0 Å². The molecule has 0 radical (unpaired) electrons. The van der Waals surface area contributed by atoms with E-state index in [4.69, 9.17) is 18.9 Å². The predicted molar refractivity (Wildman–Crippen MR) is 91.5 cm³/mol. The van der Waals surface area contributed by atoms with E-state index in [-0.39, 0.29) is 12.3 Å². The molecule has 0 amide bonds. The molecular formula is C18H25NO5. The Bertz CT molecular complexity index is 677. The lowest BCUT2D eigenvalue weighted by Crippen LogP contribution is -2.40. The Balaban J connectivity index is 2.16. The van der Waals surface area contributed by atoms with Gasteiger partial charge in [0.15, 0.2) is 17.7 Å². The third kappa shape index (κ3) is 2.41. The van der Waals surface area contributed by atoms with E-state index in [1.807, 2.05) is 24.1 Å². The molecule has 1 aromatic rings. The molecular weight excluding hydrogens is 310 g/mol.